The topological polar surface area (TPSA) is 75.6 Å². The Balaban J connectivity index is 1.92. The van der Waals surface area contributed by atoms with Gasteiger partial charge in [-0.05, 0) is 54.4 Å². The third kappa shape index (κ3) is 4.70. The smallest absolute Gasteiger partial charge is 0.336 e. The minimum atomic E-state index is -1.20. The highest BCUT2D eigenvalue weighted by Gasteiger charge is 2.18. The molecule has 3 rings (SSSR count). The highest BCUT2D eigenvalue weighted by atomic mass is 35.5. The molecule has 0 radical (unpaired) electrons. The number of aromatic carboxylic acids is 1. The molecular formula is C22H17Cl2NO4. The van der Waals surface area contributed by atoms with E-state index in [1.54, 1.807) is 24.3 Å². The number of halogens is 2. The van der Waals surface area contributed by atoms with Crippen molar-refractivity contribution in [2.24, 2.45) is 0 Å². The fourth-order valence-electron chi connectivity index (χ4n) is 2.84. The first-order valence-electron chi connectivity index (χ1n) is 8.76. The van der Waals surface area contributed by atoms with E-state index in [0.717, 1.165) is 16.9 Å². The normalized spacial score (nSPS) is 10.4. The van der Waals surface area contributed by atoms with E-state index < -0.39 is 11.9 Å². The number of nitrogens with one attached hydrogen (secondary N) is 1. The Kier molecular flexibility index (Phi) is 6.42. The van der Waals surface area contributed by atoms with Gasteiger partial charge in [0, 0.05) is 0 Å². The van der Waals surface area contributed by atoms with Gasteiger partial charge in [-0.15, -0.1) is 0 Å². The number of carboxylic acids is 1. The Morgan fingerprint density at radius 1 is 0.931 bits per heavy atom. The number of hydrogen-bond donors (Lipinski definition) is 2. The molecule has 0 bridgehead atoms. The van der Waals surface area contributed by atoms with Gasteiger partial charge in [0.2, 0.25) is 0 Å². The fraction of sp³-hybridized carbons (Fsp3) is 0.0909. The lowest BCUT2D eigenvalue weighted by Crippen LogP contribution is -2.16. The Labute approximate surface area is 177 Å². The summed E-state index contributed by atoms with van der Waals surface area (Å²) >= 11 is 12.7. The predicted molar refractivity (Wildman–Crippen MR) is 114 cm³/mol. The lowest BCUT2D eigenvalue weighted by atomic mass is 10.0. The molecule has 0 heterocycles. The molecule has 7 heteroatoms. The second kappa shape index (κ2) is 8.99. The summed E-state index contributed by atoms with van der Waals surface area (Å²) in [6, 6.07) is 16.7. The van der Waals surface area contributed by atoms with E-state index >= 15 is 0 Å². The predicted octanol–water partition coefficient (Wildman–Crippen LogP) is 6.01. The molecule has 3 aromatic rings. The Bertz CT molecular complexity index is 1060. The number of carbonyl (C=O) groups is 2. The molecule has 29 heavy (non-hydrogen) atoms. The molecule has 148 valence electrons. The molecule has 0 aliphatic rings. The zero-order valence-corrected chi connectivity index (χ0v) is 16.9. The van der Waals surface area contributed by atoms with Gasteiger partial charge < -0.3 is 15.2 Å². The van der Waals surface area contributed by atoms with Gasteiger partial charge >= 0.3 is 5.97 Å². The zero-order valence-electron chi connectivity index (χ0n) is 15.4. The van der Waals surface area contributed by atoms with Crippen LogP contribution in [0.1, 0.15) is 27.6 Å². The number of benzene rings is 3. The van der Waals surface area contributed by atoms with Crippen LogP contribution in [0.3, 0.4) is 0 Å². The summed E-state index contributed by atoms with van der Waals surface area (Å²) < 4.78 is 5.51. The van der Waals surface area contributed by atoms with Gasteiger partial charge in [-0.25, -0.2) is 4.79 Å². The van der Waals surface area contributed by atoms with E-state index in [-0.39, 0.29) is 26.9 Å². The van der Waals surface area contributed by atoms with Crippen LogP contribution in [0.5, 0.6) is 5.75 Å². The van der Waals surface area contributed by atoms with Crippen molar-refractivity contribution in [3.8, 4) is 16.9 Å². The molecule has 0 fully saturated rings. The van der Waals surface area contributed by atoms with Gasteiger partial charge in [0.25, 0.3) is 5.91 Å². The molecule has 0 atom stereocenters. The molecule has 0 saturated carbocycles. The van der Waals surface area contributed by atoms with Crippen LogP contribution in [-0.2, 0) is 0 Å². The standard InChI is InChI=1S/C22H17Cl2NO4/c1-2-29-15-7-5-6-13(10-15)14-11-18(23)20(19(24)12-14)25-21(26)16-8-3-4-9-17(16)22(27)28/h3-12H,2H2,1H3,(H,25,26)(H,27,28). The molecule has 0 aliphatic heterocycles. The van der Waals surface area contributed by atoms with Gasteiger partial charge in [0.15, 0.2) is 0 Å². The van der Waals surface area contributed by atoms with Crippen LogP contribution >= 0.6 is 23.2 Å². The minimum Gasteiger partial charge on any atom is -0.494 e. The molecule has 0 saturated heterocycles. The molecule has 0 spiro atoms. The molecule has 5 nitrogen and oxygen atoms in total. The van der Waals surface area contributed by atoms with Gasteiger partial charge in [0.05, 0.1) is 33.5 Å². The van der Waals surface area contributed by atoms with Crippen LogP contribution in [-0.4, -0.2) is 23.6 Å². The first-order valence-corrected chi connectivity index (χ1v) is 9.52. The average Bonchev–Trinajstić information content (AvgIpc) is 2.71. The van der Waals surface area contributed by atoms with Crippen molar-refractivity contribution in [2.45, 2.75) is 6.92 Å². The molecular weight excluding hydrogens is 413 g/mol. The highest BCUT2D eigenvalue weighted by Crippen LogP contribution is 2.36. The van der Waals surface area contributed by atoms with Crippen LogP contribution in [0, 0.1) is 0 Å². The van der Waals surface area contributed by atoms with E-state index in [1.807, 2.05) is 31.2 Å². The third-order valence-electron chi connectivity index (χ3n) is 4.16. The van der Waals surface area contributed by atoms with Crippen molar-refractivity contribution in [3.63, 3.8) is 0 Å². The number of anilines is 1. The first-order chi connectivity index (χ1) is 13.9. The number of rotatable bonds is 6. The van der Waals surface area contributed by atoms with E-state index in [1.165, 1.54) is 12.1 Å². The number of carboxylic acid groups (broad SMARTS) is 1. The summed E-state index contributed by atoms with van der Waals surface area (Å²) in [4.78, 5) is 24.0. The molecule has 0 aliphatic carbocycles. The highest BCUT2D eigenvalue weighted by molar-refractivity contribution is 6.40. The fourth-order valence-corrected chi connectivity index (χ4v) is 3.42. The maximum atomic E-state index is 12.6. The quantitative estimate of drug-likeness (QED) is 0.502. The molecule has 0 unspecified atom stereocenters. The van der Waals surface area contributed by atoms with Crippen molar-refractivity contribution in [2.75, 3.05) is 11.9 Å². The second-order valence-electron chi connectivity index (χ2n) is 6.08. The number of hydrogen-bond acceptors (Lipinski definition) is 3. The lowest BCUT2D eigenvalue weighted by molar-refractivity contribution is 0.0692. The monoisotopic (exact) mass is 429 g/mol. The largest absolute Gasteiger partial charge is 0.494 e. The Morgan fingerprint density at radius 3 is 2.21 bits per heavy atom. The van der Waals surface area contributed by atoms with Crippen LogP contribution in [0.2, 0.25) is 10.0 Å². The van der Waals surface area contributed by atoms with Crippen LogP contribution in [0.25, 0.3) is 11.1 Å². The van der Waals surface area contributed by atoms with Crippen molar-refractivity contribution in [1.29, 1.82) is 0 Å². The molecule has 0 aromatic heterocycles. The molecule has 3 aromatic carbocycles. The summed E-state index contributed by atoms with van der Waals surface area (Å²) in [6.07, 6.45) is 0. The third-order valence-corrected chi connectivity index (χ3v) is 4.76. The maximum Gasteiger partial charge on any atom is 0.336 e. The number of carbonyl (C=O) groups excluding carboxylic acids is 1. The van der Waals surface area contributed by atoms with Gasteiger partial charge in [-0.3, -0.25) is 4.79 Å². The van der Waals surface area contributed by atoms with E-state index in [4.69, 9.17) is 27.9 Å². The number of amides is 1. The zero-order chi connectivity index (χ0) is 21.0. The Morgan fingerprint density at radius 2 is 1.59 bits per heavy atom. The minimum absolute atomic E-state index is 0.0145. The van der Waals surface area contributed by atoms with E-state index in [0.29, 0.717) is 6.61 Å². The number of ether oxygens (including phenoxy) is 1. The van der Waals surface area contributed by atoms with Crippen LogP contribution in [0.15, 0.2) is 60.7 Å². The average molecular weight is 430 g/mol. The first kappa shape index (κ1) is 20.7. The van der Waals surface area contributed by atoms with Gasteiger partial charge in [0.1, 0.15) is 5.75 Å². The van der Waals surface area contributed by atoms with Crippen molar-refractivity contribution < 1.29 is 19.4 Å². The van der Waals surface area contributed by atoms with Crippen LogP contribution in [0.4, 0.5) is 5.69 Å². The lowest BCUT2D eigenvalue weighted by Gasteiger charge is -2.13. The SMILES string of the molecule is CCOc1cccc(-c2cc(Cl)c(NC(=O)c3ccccc3C(=O)O)c(Cl)c2)c1. The van der Waals surface area contributed by atoms with Crippen LogP contribution < -0.4 is 10.1 Å². The van der Waals surface area contributed by atoms with Gasteiger partial charge in [-0.1, -0.05) is 47.5 Å². The second-order valence-corrected chi connectivity index (χ2v) is 6.89. The summed E-state index contributed by atoms with van der Waals surface area (Å²) in [7, 11) is 0. The van der Waals surface area contributed by atoms with E-state index in [9.17, 15) is 14.7 Å². The molecule has 1 amide bonds. The van der Waals surface area contributed by atoms with Crippen molar-refractivity contribution in [1.82, 2.24) is 0 Å². The van der Waals surface area contributed by atoms with Crippen molar-refractivity contribution in [3.05, 3.63) is 81.8 Å². The summed E-state index contributed by atoms with van der Waals surface area (Å²) in [5.74, 6) is -1.09. The summed E-state index contributed by atoms with van der Waals surface area (Å²) in [5.41, 5.74) is 1.73. The van der Waals surface area contributed by atoms with E-state index in [2.05, 4.69) is 5.32 Å². The maximum absolute atomic E-state index is 12.6. The summed E-state index contributed by atoms with van der Waals surface area (Å²) in [6.45, 7) is 2.45. The Hall–Kier alpha value is -3.02. The summed E-state index contributed by atoms with van der Waals surface area (Å²) in [5, 5.41) is 12.3. The van der Waals surface area contributed by atoms with Gasteiger partial charge in [-0.2, -0.15) is 0 Å². The molecule has 2 N–H and O–H groups in total. The van der Waals surface area contributed by atoms with Crippen molar-refractivity contribution >= 4 is 40.8 Å².